The van der Waals surface area contributed by atoms with Crippen LogP contribution in [0.3, 0.4) is 0 Å². The molecule has 1 rings (SSSR count). The summed E-state index contributed by atoms with van der Waals surface area (Å²) in [6, 6.07) is 0.335. The summed E-state index contributed by atoms with van der Waals surface area (Å²) in [5.41, 5.74) is 0. The van der Waals surface area contributed by atoms with Crippen LogP contribution in [0.1, 0.15) is 12.7 Å². The Bertz CT molecular complexity index is 248. The molecule has 0 aliphatic heterocycles. The van der Waals surface area contributed by atoms with Crippen molar-refractivity contribution in [3.8, 4) is 0 Å². The summed E-state index contributed by atoms with van der Waals surface area (Å²) < 4.78 is 6.75. The fraction of sp³-hybridized carbons (Fsp3) is 0.750. The van der Waals surface area contributed by atoms with Crippen LogP contribution in [-0.4, -0.2) is 34.5 Å². The fourth-order valence-electron chi connectivity index (χ4n) is 1.05. The maximum absolute atomic E-state index is 5.00. The van der Waals surface area contributed by atoms with E-state index in [0.717, 1.165) is 12.4 Å². The van der Waals surface area contributed by atoms with E-state index in [-0.39, 0.29) is 0 Å². The van der Waals surface area contributed by atoms with Gasteiger partial charge in [0, 0.05) is 20.2 Å². The molecule has 0 radical (unpaired) electrons. The maximum Gasteiger partial charge on any atom is 0.140 e. The first kappa shape index (κ1) is 10.1. The Hall–Kier alpha value is -0.940. The molecule has 1 aromatic rings. The van der Waals surface area contributed by atoms with Crippen LogP contribution in [0, 0.1) is 0 Å². The summed E-state index contributed by atoms with van der Waals surface area (Å²) in [5, 5.41) is 7.25. The fourth-order valence-corrected chi connectivity index (χ4v) is 1.05. The van der Waals surface area contributed by atoms with Crippen LogP contribution in [0.5, 0.6) is 0 Å². The van der Waals surface area contributed by atoms with E-state index in [0.29, 0.717) is 12.6 Å². The van der Waals surface area contributed by atoms with Crippen molar-refractivity contribution in [2.24, 2.45) is 7.05 Å². The van der Waals surface area contributed by atoms with Crippen molar-refractivity contribution in [1.29, 1.82) is 0 Å². The lowest BCUT2D eigenvalue weighted by atomic mass is 10.3. The van der Waals surface area contributed by atoms with Gasteiger partial charge < -0.3 is 10.1 Å². The zero-order valence-electron chi connectivity index (χ0n) is 8.32. The number of nitrogens with one attached hydrogen (secondary N) is 1. The van der Waals surface area contributed by atoms with Gasteiger partial charge in [0.05, 0.1) is 13.2 Å². The normalized spacial score (nSPS) is 13.2. The van der Waals surface area contributed by atoms with Crippen LogP contribution in [-0.2, 0) is 18.3 Å². The number of aryl methyl sites for hydroxylation is 1. The van der Waals surface area contributed by atoms with Crippen molar-refractivity contribution in [1.82, 2.24) is 20.1 Å². The van der Waals surface area contributed by atoms with Crippen molar-refractivity contribution >= 4 is 0 Å². The number of hydrogen-bond acceptors (Lipinski definition) is 4. The summed E-state index contributed by atoms with van der Waals surface area (Å²) in [4.78, 5) is 4.10. The molecule has 0 bridgehead atoms. The molecule has 0 saturated heterocycles. The van der Waals surface area contributed by atoms with Gasteiger partial charge in [0.25, 0.3) is 0 Å². The van der Waals surface area contributed by atoms with E-state index in [4.69, 9.17) is 4.74 Å². The second kappa shape index (κ2) is 4.94. The van der Waals surface area contributed by atoms with Gasteiger partial charge >= 0.3 is 0 Å². The molecule has 1 atom stereocenters. The van der Waals surface area contributed by atoms with Crippen LogP contribution >= 0.6 is 0 Å². The lowest BCUT2D eigenvalue weighted by Crippen LogP contribution is -2.30. The van der Waals surface area contributed by atoms with Crippen LogP contribution < -0.4 is 5.32 Å². The summed E-state index contributed by atoms with van der Waals surface area (Å²) in [5.74, 6) is 0.933. The first-order chi connectivity index (χ1) is 6.24. The largest absolute Gasteiger partial charge is 0.383 e. The molecule has 1 N–H and O–H groups in total. The highest BCUT2D eigenvalue weighted by molar-refractivity contribution is 4.82. The Balaban J connectivity index is 2.30. The van der Waals surface area contributed by atoms with E-state index < -0.39 is 0 Å². The number of nitrogens with zero attached hydrogens (tertiary/aromatic N) is 3. The van der Waals surface area contributed by atoms with Gasteiger partial charge in [-0.15, -0.1) is 0 Å². The zero-order chi connectivity index (χ0) is 9.68. The molecule has 1 heterocycles. The highest BCUT2D eigenvalue weighted by Crippen LogP contribution is 1.91. The molecule has 0 fully saturated rings. The molecule has 5 nitrogen and oxygen atoms in total. The van der Waals surface area contributed by atoms with Crippen LogP contribution in [0.15, 0.2) is 6.33 Å². The molecule has 13 heavy (non-hydrogen) atoms. The van der Waals surface area contributed by atoms with E-state index in [1.54, 1.807) is 18.1 Å². The number of ether oxygens (including phenoxy) is 1. The minimum Gasteiger partial charge on any atom is -0.383 e. The highest BCUT2D eigenvalue weighted by Gasteiger charge is 2.03. The Morgan fingerprint density at radius 2 is 2.46 bits per heavy atom. The van der Waals surface area contributed by atoms with Gasteiger partial charge in [-0.3, -0.25) is 4.68 Å². The van der Waals surface area contributed by atoms with Crippen molar-refractivity contribution in [2.75, 3.05) is 13.7 Å². The molecular formula is C8H16N4O. The minimum absolute atomic E-state index is 0.335. The van der Waals surface area contributed by atoms with Gasteiger partial charge in [0.15, 0.2) is 0 Å². The van der Waals surface area contributed by atoms with Gasteiger partial charge in [0.2, 0.25) is 0 Å². The molecule has 1 unspecified atom stereocenters. The summed E-state index contributed by atoms with van der Waals surface area (Å²) >= 11 is 0. The third kappa shape index (κ3) is 3.12. The number of aromatic nitrogens is 3. The minimum atomic E-state index is 0.335. The third-order valence-electron chi connectivity index (χ3n) is 1.83. The number of hydrogen-bond donors (Lipinski definition) is 1. The Morgan fingerprint density at radius 3 is 3.00 bits per heavy atom. The molecule has 0 aliphatic carbocycles. The van der Waals surface area contributed by atoms with Gasteiger partial charge in [0.1, 0.15) is 12.2 Å². The number of methoxy groups -OCH3 is 1. The Labute approximate surface area is 78.1 Å². The molecule has 5 heteroatoms. The summed E-state index contributed by atoms with van der Waals surface area (Å²) in [6.45, 7) is 3.50. The van der Waals surface area contributed by atoms with Crippen molar-refractivity contribution in [2.45, 2.75) is 19.5 Å². The average Bonchev–Trinajstić information content (AvgIpc) is 2.48. The highest BCUT2D eigenvalue weighted by atomic mass is 16.5. The first-order valence-corrected chi connectivity index (χ1v) is 4.29. The molecule has 0 amide bonds. The van der Waals surface area contributed by atoms with Gasteiger partial charge in [-0.05, 0) is 6.92 Å². The molecule has 0 saturated carbocycles. The molecule has 0 aliphatic rings. The maximum atomic E-state index is 5.00. The standard InChI is InChI=1S/C8H16N4O/c1-7(5-13-3)9-4-8-10-6-11-12(8)2/h6-7,9H,4-5H2,1-3H3. The zero-order valence-corrected chi connectivity index (χ0v) is 8.32. The third-order valence-corrected chi connectivity index (χ3v) is 1.83. The van der Waals surface area contributed by atoms with Gasteiger partial charge in [-0.1, -0.05) is 0 Å². The summed E-state index contributed by atoms with van der Waals surface area (Å²) in [6.07, 6.45) is 1.55. The predicted octanol–water partition coefficient (Wildman–Crippen LogP) is -0.0604. The van der Waals surface area contributed by atoms with E-state index in [9.17, 15) is 0 Å². The Kier molecular flexibility index (Phi) is 3.85. The van der Waals surface area contributed by atoms with Crippen LogP contribution in [0.25, 0.3) is 0 Å². The monoisotopic (exact) mass is 184 g/mol. The molecule has 74 valence electrons. The van der Waals surface area contributed by atoms with E-state index in [2.05, 4.69) is 22.3 Å². The topological polar surface area (TPSA) is 52.0 Å². The van der Waals surface area contributed by atoms with E-state index >= 15 is 0 Å². The van der Waals surface area contributed by atoms with Gasteiger partial charge in [-0.25, -0.2) is 4.98 Å². The van der Waals surface area contributed by atoms with Crippen LogP contribution in [0.4, 0.5) is 0 Å². The second-order valence-electron chi connectivity index (χ2n) is 3.04. The van der Waals surface area contributed by atoms with Crippen molar-refractivity contribution in [3.63, 3.8) is 0 Å². The van der Waals surface area contributed by atoms with E-state index in [1.807, 2.05) is 7.05 Å². The van der Waals surface area contributed by atoms with E-state index in [1.165, 1.54) is 0 Å². The molecule has 0 spiro atoms. The quantitative estimate of drug-likeness (QED) is 0.696. The smallest absolute Gasteiger partial charge is 0.140 e. The SMILES string of the molecule is COCC(C)NCc1ncnn1C. The predicted molar refractivity (Wildman–Crippen MR) is 49.2 cm³/mol. The average molecular weight is 184 g/mol. The Morgan fingerprint density at radius 1 is 1.69 bits per heavy atom. The lowest BCUT2D eigenvalue weighted by Gasteiger charge is -2.11. The van der Waals surface area contributed by atoms with Crippen molar-refractivity contribution in [3.05, 3.63) is 12.2 Å². The van der Waals surface area contributed by atoms with Crippen LogP contribution in [0.2, 0.25) is 0 Å². The second-order valence-corrected chi connectivity index (χ2v) is 3.04. The molecular weight excluding hydrogens is 168 g/mol. The number of rotatable bonds is 5. The molecule has 0 aromatic carbocycles. The van der Waals surface area contributed by atoms with Crippen molar-refractivity contribution < 1.29 is 4.74 Å². The summed E-state index contributed by atoms with van der Waals surface area (Å²) in [7, 11) is 3.57. The lowest BCUT2D eigenvalue weighted by molar-refractivity contribution is 0.171. The van der Waals surface area contributed by atoms with Gasteiger partial charge in [-0.2, -0.15) is 5.10 Å². The first-order valence-electron chi connectivity index (χ1n) is 4.29. The molecule has 1 aromatic heterocycles.